The van der Waals surface area contributed by atoms with Crippen LogP contribution in [0.3, 0.4) is 0 Å². The van der Waals surface area contributed by atoms with Crippen LogP contribution in [0.1, 0.15) is 11.1 Å². The first-order valence-electron chi connectivity index (χ1n) is 5.38. The fourth-order valence-electron chi connectivity index (χ4n) is 2.44. The zero-order chi connectivity index (χ0) is 11.1. The van der Waals surface area contributed by atoms with Crippen LogP contribution in [-0.4, -0.2) is 25.8 Å². The summed E-state index contributed by atoms with van der Waals surface area (Å²) in [7, 11) is 3.63. The van der Waals surface area contributed by atoms with Gasteiger partial charge in [0.2, 0.25) is 0 Å². The Morgan fingerprint density at radius 3 is 2.56 bits per heavy atom. The first-order valence-corrected chi connectivity index (χ1v) is 5.38. The van der Waals surface area contributed by atoms with E-state index in [0.29, 0.717) is 0 Å². The lowest BCUT2D eigenvalue weighted by Gasteiger charge is -2.07. The minimum absolute atomic E-state index is 0.945. The van der Waals surface area contributed by atoms with Gasteiger partial charge in [0.1, 0.15) is 11.7 Å². The Morgan fingerprint density at radius 1 is 1.06 bits per heavy atom. The SMILES string of the molecule is CN=C1NC(=NC)C2=C1Cc1ccccc12. The number of hydrogen-bond donors (Lipinski definition) is 1. The lowest BCUT2D eigenvalue weighted by atomic mass is 10.1. The molecule has 1 aliphatic heterocycles. The summed E-state index contributed by atoms with van der Waals surface area (Å²) in [6, 6.07) is 8.49. The van der Waals surface area contributed by atoms with Crippen molar-refractivity contribution in [2.24, 2.45) is 9.98 Å². The molecule has 3 heteroatoms. The van der Waals surface area contributed by atoms with Crippen LogP contribution >= 0.6 is 0 Å². The van der Waals surface area contributed by atoms with E-state index in [9.17, 15) is 0 Å². The number of aliphatic imine (C=N–C) groups is 2. The van der Waals surface area contributed by atoms with Crippen molar-refractivity contribution in [3.05, 3.63) is 41.0 Å². The molecule has 0 bridgehead atoms. The Bertz CT molecular complexity index is 550. The quantitative estimate of drug-likeness (QED) is 0.696. The van der Waals surface area contributed by atoms with Crippen molar-refractivity contribution in [2.75, 3.05) is 14.1 Å². The van der Waals surface area contributed by atoms with Gasteiger partial charge in [-0.15, -0.1) is 0 Å². The lowest BCUT2D eigenvalue weighted by molar-refractivity contribution is 1.20. The van der Waals surface area contributed by atoms with E-state index in [0.717, 1.165) is 18.1 Å². The van der Waals surface area contributed by atoms with Crippen LogP contribution in [0.4, 0.5) is 0 Å². The molecular formula is C13H13N3. The summed E-state index contributed by atoms with van der Waals surface area (Å²) >= 11 is 0. The van der Waals surface area contributed by atoms with E-state index in [4.69, 9.17) is 0 Å². The van der Waals surface area contributed by atoms with Crippen molar-refractivity contribution in [3.63, 3.8) is 0 Å². The number of rotatable bonds is 0. The van der Waals surface area contributed by atoms with Crippen molar-refractivity contribution >= 4 is 17.2 Å². The van der Waals surface area contributed by atoms with Crippen LogP contribution in [0.15, 0.2) is 39.8 Å². The Labute approximate surface area is 94.6 Å². The summed E-state index contributed by atoms with van der Waals surface area (Å²) in [5.74, 6) is 1.91. The minimum atomic E-state index is 0.945. The molecular weight excluding hydrogens is 198 g/mol. The molecule has 1 N–H and O–H groups in total. The molecule has 0 radical (unpaired) electrons. The van der Waals surface area contributed by atoms with Gasteiger partial charge in [-0.1, -0.05) is 24.3 Å². The topological polar surface area (TPSA) is 36.8 Å². The summed E-state index contributed by atoms with van der Waals surface area (Å²) in [5, 5.41) is 3.26. The average molecular weight is 211 g/mol. The molecule has 0 amide bonds. The summed E-state index contributed by atoms with van der Waals surface area (Å²) in [6.07, 6.45) is 0.962. The summed E-state index contributed by atoms with van der Waals surface area (Å²) in [6.45, 7) is 0. The number of nitrogens with zero attached hydrogens (tertiary/aromatic N) is 2. The molecule has 0 saturated heterocycles. The molecule has 3 rings (SSSR count). The molecule has 0 spiro atoms. The molecule has 16 heavy (non-hydrogen) atoms. The van der Waals surface area contributed by atoms with Gasteiger partial charge in [-0.2, -0.15) is 0 Å². The molecule has 3 nitrogen and oxygen atoms in total. The third-order valence-corrected chi connectivity index (χ3v) is 3.16. The summed E-state index contributed by atoms with van der Waals surface area (Å²) in [4.78, 5) is 8.57. The highest BCUT2D eigenvalue weighted by Crippen LogP contribution is 2.36. The largest absolute Gasteiger partial charge is 0.325 e. The third-order valence-electron chi connectivity index (χ3n) is 3.16. The van der Waals surface area contributed by atoms with Crippen LogP contribution < -0.4 is 5.32 Å². The van der Waals surface area contributed by atoms with Crippen molar-refractivity contribution in [2.45, 2.75) is 6.42 Å². The van der Waals surface area contributed by atoms with Gasteiger partial charge in [0.15, 0.2) is 0 Å². The van der Waals surface area contributed by atoms with E-state index < -0.39 is 0 Å². The highest BCUT2D eigenvalue weighted by molar-refractivity contribution is 6.40. The average Bonchev–Trinajstić information content (AvgIpc) is 2.85. The number of hydrogen-bond acceptors (Lipinski definition) is 2. The normalized spacial score (nSPS) is 22.6. The Kier molecular flexibility index (Phi) is 1.93. The minimum Gasteiger partial charge on any atom is -0.325 e. The smallest absolute Gasteiger partial charge is 0.134 e. The Balaban J connectivity index is 2.23. The first kappa shape index (κ1) is 9.33. The van der Waals surface area contributed by atoms with E-state index in [1.54, 1.807) is 0 Å². The fraction of sp³-hybridized carbons (Fsp3) is 0.231. The first-order chi connectivity index (χ1) is 7.85. The maximum atomic E-state index is 4.29. The highest BCUT2D eigenvalue weighted by atomic mass is 15.1. The maximum absolute atomic E-state index is 4.29. The van der Waals surface area contributed by atoms with Crippen molar-refractivity contribution < 1.29 is 0 Å². The van der Waals surface area contributed by atoms with Gasteiger partial charge >= 0.3 is 0 Å². The Morgan fingerprint density at radius 2 is 1.81 bits per heavy atom. The molecule has 0 aromatic heterocycles. The van der Waals surface area contributed by atoms with E-state index in [2.05, 4.69) is 39.6 Å². The zero-order valence-electron chi connectivity index (χ0n) is 9.41. The second-order valence-corrected chi connectivity index (χ2v) is 3.96. The maximum Gasteiger partial charge on any atom is 0.134 e. The molecule has 0 atom stereocenters. The number of fused-ring (bicyclic) bond motifs is 2. The molecule has 0 fully saturated rings. The predicted octanol–water partition coefficient (Wildman–Crippen LogP) is 1.66. The molecule has 1 aromatic carbocycles. The van der Waals surface area contributed by atoms with E-state index in [1.807, 2.05) is 14.1 Å². The zero-order valence-corrected chi connectivity index (χ0v) is 9.41. The summed E-state index contributed by atoms with van der Waals surface area (Å²) < 4.78 is 0. The van der Waals surface area contributed by atoms with Crippen LogP contribution in [0.5, 0.6) is 0 Å². The third kappa shape index (κ3) is 1.08. The number of amidine groups is 2. The van der Waals surface area contributed by atoms with Gasteiger partial charge in [-0.3, -0.25) is 9.98 Å². The van der Waals surface area contributed by atoms with Crippen LogP contribution in [0.2, 0.25) is 0 Å². The Hall–Kier alpha value is -1.90. The van der Waals surface area contributed by atoms with Gasteiger partial charge in [-0.25, -0.2) is 0 Å². The number of nitrogens with one attached hydrogen (secondary N) is 1. The van der Waals surface area contributed by atoms with Crippen molar-refractivity contribution in [1.29, 1.82) is 0 Å². The van der Waals surface area contributed by atoms with Crippen LogP contribution in [0, 0.1) is 0 Å². The van der Waals surface area contributed by atoms with E-state index in [1.165, 1.54) is 22.3 Å². The molecule has 1 aromatic rings. The lowest BCUT2D eigenvalue weighted by Crippen LogP contribution is -2.25. The molecule has 0 unspecified atom stereocenters. The van der Waals surface area contributed by atoms with Crippen LogP contribution in [0.25, 0.3) is 5.57 Å². The van der Waals surface area contributed by atoms with Gasteiger partial charge in [0.05, 0.1) is 0 Å². The van der Waals surface area contributed by atoms with E-state index in [-0.39, 0.29) is 0 Å². The van der Waals surface area contributed by atoms with Crippen LogP contribution in [-0.2, 0) is 6.42 Å². The van der Waals surface area contributed by atoms with Gasteiger partial charge < -0.3 is 5.32 Å². The molecule has 1 aliphatic carbocycles. The standard InChI is InChI=1S/C13H13N3/c1-14-12-10-7-8-5-3-4-6-9(8)11(10)13(15-2)16-12/h3-6H,7H2,1-2H3,(H,14,15,16). The molecule has 80 valence electrons. The van der Waals surface area contributed by atoms with Gasteiger partial charge in [-0.05, 0) is 11.1 Å². The van der Waals surface area contributed by atoms with E-state index >= 15 is 0 Å². The molecule has 2 aliphatic rings. The second kappa shape index (κ2) is 3.30. The highest BCUT2D eigenvalue weighted by Gasteiger charge is 2.33. The van der Waals surface area contributed by atoms with Crippen molar-refractivity contribution in [3.8, 4) is 0 Å². The monoisotopic (exact) mass is 211 g/mol. The number of benzene rings is 1. The van der Waals surface area contributed by atoms with Gasteiger partial charge in [0.25, 0.3) is 0 Å². The summed E-state index contributed by atoms with van der Waals surface area (Å²) in [5.41, 5.74) is 5.18. The predicted molar refractivity (Wildman–Crippen MR) is 66.9 cm³/mol. The van der Waals surface area contributed by atoms with Crippen molar-refractivity contribution in [1.82, 2.24) is 5.32 Å². The van der Waals surface area contributed by atoms with Gasteiger partial charge in [0, 0.05) is 31.7 Å². The molecule has 0 saturated carbocycles. The second-order valence-electron chi connectivity index (χ2n) is 3.96. The fourth-order valence-corrected chi connectivity index (χ4v) is 2.44. The molecule has 1 heterocycles.